The van der Waals surface area contributed by atoms with Gasteiger partial charge in [-0.1, -0.05) is 26.2 Å². The molecule has 1 aliphatic carbocycles. The number of carbonyl (C=O) groups is 1. The third kappa shape index (κ3) is 2.82. The number of fused-ring (bicyclic) bond motifs is 1. The second-order valence-electron chi connectivity index (χ2n) is 5.96. The van der Waals surface area contributed by atoms with E-state index in [1.54, 1.807) is 0 Å². The zero-order chi connectivity index (χ0) is 12.4. The van der Waals surface area contributed by atoms with Crippen LogP contribution in [-0.4, -0.2) is 35.1 Å². The van der Waals surface area contributed by atoms with Crippen LogP contribution < -0.4 is 0 Å². The van der Waals surface area contributed by atoms with Crippen molar-refractivity contribution in [3.05, 3.63) is 0 Å². The van der Waals surface area contributed by atoms with Crippen LogP contribution in [0, 0.1) is 17.8 Å². The van der Waals surface area contributed by atoms with Crippen LogP contribution in [0.4, 0.5) is 0 Å². The van der Waals surface area contributed by atoms with Gasteiger partial charge in [-0.3, -0.25) is 9.69 Å². The number of carboxylic acids is 1. The fourth-order valence-corrected chi connectivity index (χ4v) is 3.52. The number of hydrogen-bond acceptors (Lipinski definition) is 2. The number of nitrogens with zero attached hydrogens (tertiary/aromatic N) is 1. The van der Waals surface area contributed by atoms with Crippen molar-refractivity contribution in [3.63, 3.8) is 0 Å². The molecule has 0 spiro atoms. The van der Waals surface area contributed by atoms with Crippen molar-refractivity contribution >= 4 is 5.97 Å². The lowest BCUT2D eigenvalue weighted by molar-refractivity contribution is -0.143. The highest BCUT2D eigenvalue weighted by Gasteiger charge is 2.35. The quantitative estimate of drug-likeness (QED) is 0.823. The number of piperidine rings is 1. The Labute approximate surface area is 104 Å². The molecule has 1 saturated heterocycles. The van der Waals surface area contributed by atoms with Crippen molar-refractivity contribution in [2.75, 3.05) is 13.1 Å². The summed E-state index contributed by atoms with van der Waals surface area (Å²) < 4.78 is 0. The van der Waals surface area contributed by atoms with Crippen LogP contribution in [0.15, 0.2) is 0 Å². The van der Waals surface area contributed by atoms with E-state index in [0.717, 1.165) is 24.9 Å². The van der Waals surface area contributed by atoms with Crippen molar-refractivity contribution in [1.29, 1.82) is 0 Å². The summed E-state index contributed by atoms with van der Waals surface area (Å²) >= 11 is 0. The lowest BCUT2D eigenvalue weighted by Gasteiger charge is -2.44. The van der Waals surface area contributed by atoms with Gasteiger partial charge in [-0.15, -0.1) is 0 Å². The van der Waals surface area contributed by atoms with Crippen LogP contribution in [0.5, 0.6) is 0 Å². The van der Waals surface area contributed by atoms with Gasteiger partial charge in [0.2, 0.25) is 0 Å². The molecular formula is C14H25NO2. The van der Waals surface area contributed by atoms with E-state index in [0.29, 0.717) is 0 Å². The molecule has 2 aliphatic rings. The van der Waals surface area contributed by atoms with Gasteiger partial charge in [0.1, 0.15) is 0 Å². The molecule has 1 heterocycles. The normalized spacial score (nSPS) is 33.8. The first-order valence-electron chi connectivity index (χ1n) is 7.06. The number of aliphatic carboxylic acids is 1. The number of rotatable bonds is 3. The first kappa shape index (κ1) is 12.9. The van der Waals surface area contributed by atoms with Gasteiger partial charge < -0.3 is 5.11 Å². The average Bonchev–Trinajstić information content (AvgIpc) is 2.36. The minimum Gasteiger partial charge on any atom is -0.481 e. The monoisotopic (exact) mass is 239 g/mol. The van der Waals surface area contributed by atoms with Crippen LogP contribution in [0.1, 0.15) is 46.0 Å². The Morgan fingerprint density at radius 3 is 2.47 bits per heavy atom. The van der Waals surface area contributed by atoms with Gasteiger partial charge in [0.05, 0.1) is 5.92 Å². The van der Waals surface area contributed by atoms with Crippen molar-refractivity contribution in [2.45, 2.75) is 52.0 Å². The van der Waals surface area contributed by atoms with Crippen molar-refractivity contribution in [2.24, 2.45) is 17.8 Å². The molecule has 3 heteroatoms. The van der Waals surface area contributed by atoms with Gasteiger partial charge in [-0.25, -0.2) is 0 Å². The zero-order valence-corrected chi connectivity index (χ0v) is 11.1. The standard InChI is InChI=1S/C14H25NO2/c1-10(14(16)17)11(2)15-8-7-12-5-3-4-6-13(12)9-15/h10-13H,3-9H2,1-2H3,(H,16,17). The maximum absolute atomic E-state index is 11.0. The van der Waals surface area contributed by atoms with Crippen LogP contribution in [0.25, 0.3) is 0 Å². The number of hydrogen-bond donors (Lipinski definition) is 1. The minimum absolute atomic E-state index is 0.176. The molecule has 1 N–H and O–H groups in total. The summed E-state index contributed by atoms with van der Waals surface area (Å²) in [5.41, 5.74) is 0. The molecule has 3 nitrogen and oxygen atoms in total. The Morgan fingerprint density at radius 2 is 1.82 bits per heavy atom. The van der Waals surface area contributed by atoms with Gasteiger partial charge in [0.15, 0.2) is 0 Å². The van der Waals surface area contributed by atoms with E-state index in [1.807, 2.05) is 6.92 Å². The first-order valence-corrected chi connectivity index (χ1v) is 7.06. The van der Waals surface area contributed by atoms with E-state index >= 15 is 0 Å². The maximum Gasteiger partial charge on any atom is 0.307 e. The summed E-state index contributed by atoms with van der Waals surface area (Å²) in [6.07, 6.45) is 6.82. The molecule has 4 atom stereocenters. The molecule has 17 heavy (non-hydrogen) atoms. The largest absolute Gasteiger partial charge is 0.481 e. The number of likely N-dealkylation sites (tertiary alicyclic amines) is 1. The van der Waals surface area contributed by atoms with E-state index in [4.69, 9.17) is 5.11 Å². The predicted molar refractivity (Wildman–Crippen MR) is 67.9 cm³/mol. The molecule has 0 bridgehead atoms. The molecule has 0 aromatic rings. The molecule has 0 radical (unpaired) electrons. The fraction of sp³-hybridized carbons (Fsp3) is 0.929. The van der Waals surface area contributed by atoms with E-state index in [1.165, 1.54) is 32.1 Å². The highest BCUT2D eigenvalue weighted by atomic mass is 16.4. The molecule has 1 saturated carbocycles. The Bertz CT molecular complexity index is 279. The Kier molecular flexibility index (Phi) is 4.08. The molecular weight excluding hydrogens is 214 g/mol. The van der Waals surface area contributed by atoms with Gasteiger partial charge >= 0.3 is 5.97 Å². The minimum atomic E-state index is -0.664. The van der Waals surface area contributed by atoms with Crippen molar-refractivity contribution < 1.29 is 9.90 Å². The van der Waals surface area contributed by atoms with Crippen molar-refractivity contribution in [3.8, 4) is 0 Å². The third-order valence-electron chi connectivity index (χ3n) is 5.01. The second kappa shape index (κ2) is 5.38. The number of carboxylic acid groups (broad SMARTS) is 1. The second-order valence-corrected chi connectivity index (χ2v) is 5.96. The first-order chi connectivity index (χ1) is 8.09. The maximum atomic E-state index is 11.0. The van der Waals surface area contributed by atoms with Gasteiger partial charge in [-0.05, 0) is 38.1 Å². The summed E-state index contributed by atoms with van der Waals surface area (Å²) in [4.78, 5) is 13.4. The van der Waals surface area contributed by atoms with E-state index in [9.17, 15) is 4.79 Å². The van der Waals surface area contributed by atoms with Crippen LogP contribution in [0.3, 0.4) is 0 Å². The predicted octanol–water partition coefficient (Wildman–Crippen LogP) is 2.61. The smallest absolute Gasteiger partial charge is 0.307 e. The molecule has 0 aromatic heterocycles. The van der Waals surface area contributed by atoms with Crippen LogP contribution in [-0.2, 0) is 4.79 Å². The van der Waals surface area contributed by atoms with Crippen LogP contribution in [0.2, 0.25) is 0 Å². The SMILES string of the molecule is CC(C(=O)O)C(C)N1CCC2CCCCC2C1. The van der Waals surface area contributed by atoms with E-state index in [-0.39, 0.29) is 12.0 Å². The molecule has 0 amide bonds. The zero-order valence-electron chi connectivity index (χ0n) is 11.1. The summed E-state index contributed by atoms with van der Waals surface area (Å²) in [5.74, 6) is 0.840. The summed E-state index contributed by atoms with van der Waals surface area (Å²) in [6.45, 7) is 6.13. The topological polar surface area (TPSA) is 40.5 Å². The summed E-state index contributed by atoms with van der Waals surface area (Å²) in [6, 6.07) is 0.176. The van der Waals surface area contributed by atoms with Gasteiger partial charge in [0.25, 0.3) is 0 Å². The molecule has 0 aromatic carbocycles. The van der Waals surface area contributed by atoms with E-state index < -0.39 is 5.97 Å². The molecule has 1 aliphatic heterocycles. The Balaban J connectivity index is 1.92. The lowest BCUT2D eigenvalue weighted by atomic mass is 9.74. The Hall–Kier alpha value is -0.570. The van der Waals surface area contributed by atoms with Gasteiger partial charge in [0, 0.05) is 12.6 Å². The van der Waals surface area contributed by atoms with Crippen LogP contribution >= 0.6 is 0 Å². The Morgan fingerprint density at radius 1 is 1.18 bits per heavy atom. The van der Waals surface area contributed by atoms with Crippen molar-refractivity contribution in [1.82, 2.24) is 4.90 Å². The third-order valence-corrected chi connectivity index (χ3v) is 5.01. The fourth-order valence-electron chi connectivity index (χ4n) is 3.52. The molecule has 4 unspecified atom stereocenters. The lowest BCUT2D eigenvalue weighted by Crippen LogP contribution is -2.49. The highest BCUT2D eigenvalue weighted by Crippen LogP contribution is 2.37. The highest BCUT2D eigenvalue weighted by molar-refractivity contribution is 5.70. The van der Waals surface area contributed by atoms with Gasteiger partial charge in [-0.2, -0.15) is 0 Å². The average molecular weight is 239 g/mol. The summed E-state index contributed by atoms with van der Waals surface area (Å²) in [7, 11) is 0. The summed E-state index contributed by atoms with van der Waals surface area (Å²) in [5, 5.41) is 9.09. The molecule has 2 rings (SSSR count). The molecule has 2 fully saturated rings. The van der Waals surface area contributed by atoms with E-state index in [2.05, 4.69) is 11.8 Å². The molecule has 98 valence electrons.